The molecule has 0 unspecified atom stereocenters. The van der Waals surface area contributed by atoms with E-state index in [9.17, 15) is 9.59 Å². The lowest BCUT2D eigenvalue weighted by Gasteiger charge is -2.11. The van der Waals surface area contributed by atoms with Crippen LogP contribution in [0.4, 0.5) is 0 Å². The van der Waals surface area contributed by atoms with Crippen molar-refractivity contribution in [2.24, 2.45) is 0 Å². The van der Waals surface area contributed by atoms with Gasteiger partial charge in [-0.3, -0.25) is 4.79 Å². The van der Waals surface area contributed by atoms with Crippen LogP contribution in [0, 0.1) is 0 Å². The molecule has 0 aromatic heterocycles. The van der Waals surface area contributed by atoms with Gasteiger partial charge in [0.05, 0.1) is 12.7 Å². The van der Waals surface area contributed by atoms with Crippen LogP contribution in [0.3, 0.4) is 0 Å². The normalized spacial score (nSPS) is 16.4. The molecule has 0 bridgehead atoms. The highest BCUT2D eigenvalue weighted by atomic mass is 16.7. The minimum atomic E-state index is -0.466. The van der Waals surface area contributed by atoms with Gasteiger partial charge in [-0.15, -0.1) is 0 Å². The number of hydrogen-bond donors (Lipinski definition) is 0. The van der Waals surface area contributed by atoms with Crippen molar-refractivity contribution in [3.63, 3.8) is 0 Å². The maximum absolute atomic E-state index is 11.6. The summed E-state index contributed by atoms with van der Waals surface area (Å²) in [6, 6.07) is 3.54. The van der Waals surface area contributed by atoms with E-state index in [1.165, 1.54) is 7.11 Å². The van der Waals surface area contributed by atoms with E-state index in [4.69, 9.17) is 18.9 Å². The molecule has 0 atom stereocenters. The van der Waals surface area contributed by atoms with Crippen molar-refractivity contribution in [2.75, 3.05) is 20.5 Å². The summed E-state index contributed by atoms with van der Waals surface area (Å²) < 4.78 is 20.8. The first kappa shape index (κ1) is 12.5. The molecule has 2 aliphatic heterocycles. The van der Waals surface area contributed by atoms with Gasteiger partial charge in [-0.2, -0.15) is 0 Å². The Morgan fingerprint density at radius 1 is 1.30 bits per heavy atom. The molecule has 6 nitrogen and oxygen atoms in total. The molecule has 0 spiro atoms. The van der Waals surface area contributed by atoms with Gasteiger partial charge in [0, 0.05) is 17.6 Å². The summed E-state index contributed by atoms with van der Waals surface area (Å²) in [7, 11) is 1.52. The van der Waals surface area contributed by atoms with Crippen molar-refractivity contribution in [1.82, 2.24) is 0 Å². The standard InChI is InChI=1S/C14H12O6/c1-17-12-8(2-3-11-13(12)20-7-19-11)4-10-9(5-15)6-18-14(10)16/h2-3,5H,4,6-7H2,1H3. The number of fused-ring (bicyclic) bond motifs is 1. The Labute approximate surface area is 114 Å². The van der Waals surface area contributed by atoms with Crippen molar-refractivity contribution in [3.05, 3.63) is 28.8 Å². The number of carbonyl (C=O) groups is 2. The number of esters is 1. The van der Waals surface area contributed by atoms with E-state index in [1.807, 2.05) is 0 Å². The third-order valence-corrected chi connectivity index (χ3v) is 3.28. The molecule has 0 fully saturated rings. The van der Waals surface area contributed by atoms with Crippen LogP contribution in [0.25, 0.3) is 0 Å². The predicted octanol–water partition coefficient (Wildman–Crippen LogP) is 1.02. The Balaban J connectivity index is 1.99. The molecule has 1 aromatic rings. The van der Waals surface area contributed by atoms with E-state index in [-0.39, 0.29) is 19.8 Å². The lowest BCUT2D eigenvalue weighted by atomic mass is 10.0. The average Bonchev–Trinajstić information content (AvgIpc) is 3.06. The molecular weight excluding hydrogens is 264 g/mol. The third-order valence-electron chi connectivity index (χ3n) is 3.28. The van der Waals surface area contributed by atoms with E-state index in [2.05, 4.69) is 0 Å². The molecule has 104 valence electrons. The minimum absolute atomic E-state index is 0.0323. The fraction of sp³-hybridized carbons (Fsp3) is 0.286. The molecule has 1 aromatic carbocycles. The van der Waals surface area contributed by atoms with Crippen LogP contribution < -0.4 is 14.2 Å². The van der Waals surface area contributed by atoms with Crippen LogP contribution in [0.1, 0.15) is 5.56 Å². The Morgan fingerprint density at radius 2 is 2.15 bits per heavy atom. The summed E-state index contributed by atoms with van der Waals surface area (Å²) in [5.41, 5.74) is 1.47. The zero-order chi connectivity index (χ0) is 14.1. The first-order valence-electron chi connectivity index (χ1n) is 6.04. The van der Waals surface area contributed by atoms with E-state index in [0.717, 1.165) is 5.56 Å². The van der Waals surface area contributed by atoms with Crippen molar-refractivity contribution in [2.45, 2.75) is 6.42 Å². The molecule has 2 aliphatic rings. The summed E-state index contributed by atoms with van der Waals surface area (Å²) in [6.45, 7) is 0.171. The van der Waals surface area contributed by atoms with E-state index < -0.39 is 5.97 Å². The summed E-state index contributed by atoms with van der Waals surface area (Å²) in [6.07, 6.45) is 0.909. The summed E-state index contributed by atoms with van der Waals surface area (Å²) in [5.74, 6) is 1.16. The largest absolute Gasteiger partial charge is 0.492 e. The highest BCUT2D eigenvalue weighted by molar-refractivity contribution is 5.99. The maximum Gasteiger partial charge on any atom is 0.335 e. The van der Waals surface area contributed by atoms with Crippen molar-refractivity contribution >= 4 is 12.3 Å². The topological polar surface area (TPSA) is 71.1 Å². The second-order valence-electron chi connectivity index (χ2n) is 4.37. The second-order valence-corrected chi connectivity index (χ2v) is 4.37. The highest BCUT2D eigenvalue weighted by Gasteiger charge is 2.28. The molecule has 0 aliphatic carbocycles. The Kier molecular flexibility index (Phi) is 3.06. The van der Waals surface area contributed by atoms with E-state index in [1.54, 1.807) is 12.1 Å². The molecule has 0 radical (unpaired) electrons. The predicted molar refractivity (Wildman–Crippen MR) is 66.9 cm³/mol. The fourth-order valence-electron chi connectivity index (χ4n) is 2.28. The van der Waals surface area contributed by atoms with Gasteiger partial charge in [0.15, 0.2) is 11.5 Å². The number of benzene rings is 1. The lowest BCUT2D eigenvalue weighted by Crippen LogP contribution is -2.04. The Hall–Kier alpha value is -2.50. The third kappa shape index (κ3) is 1.89. The second kappa shape index (κ2) is 4.88. The van der Waals surface area contributed by atoms with Gasteiger partial charge in [0.2, 0.25) is 12.5 Å². The number of aldehydes is 1. The first-order valence-corrected chi connectivity index (χ1v) is 6.04. The lowest BCUT2D eigenvalue weighted by molar-refractivity contribution is -0.136. The number of ether oxygens (including phenoxy) is 4. The molecular formula is C14H12O6. The molecule has 3 rings (SSSR count). The van der Waals surface area contributed by atoms with Crippen LogP contribution in [-0.2, 0) is 20.7 Å². The molecule has 0 saturated carbocycles. The van der Waals surface area contributed by atoms with Gasteiger partial charge in [-0.1, -0.05) is 6.07 Å². The van der Waals surface area contributed by atoms with Crippen LogP contribution in [0.2, 0.25) is 0 Å². The van der Waals surface area contributed by atoms with Crippen molar-refractivity contribution in [3.8, 4) is 17.2 Å². The highest BCUT2D eigenvalue weighted by Crippen LogP contribution is 2.43. The maximum atomic E-state index is 11.6. The molecule has 0 amide bonds. The van der Waals surface area contributed by atoms with Gasteiger partial charge in [0.1, 0.15) is 12.9 Å². The number of carbonyl (C=O) groups excluding carboxylic acids is 2. The Morgan fingerprint density at radius 3 is 2.90 bits per heavy atom. The summed E-state index contributed by atoms with van der Waals surface area (Å²) in [4.78, 5) is 22.6. The van der Waals surface area contributed by atoms with Gasteiger partial charge < -0.3 is 18.9 Å². The number of rotatable bonds is 4. The molecule has 0 N–H and O–H groups in total. The molecule has 2 heterocycles. The van der Waals surface area contributed by atoms with Gasteiger partial charge in [0.25, 0.3) is 0 Å². The van der Waals surface area contributed by atoms with Crippen LogP contribution >= 0.6 is 0 Å². The van der Waals surface area contributed by atoms with E-state index >= 15 is 0 Å². The molecule has 6 heteroatoms. The first-order chi connectivity index (χ1) is 9.74. The quantitative estimate of drug-likeness (QED) is 0.604. The van der Waals surface area contributed by atoms with Crippen LogP contribution in [0.15, 0.2) is 23.3 Å². The Bertz CT molecular complexity index is 616. The summed E-state index contributed by atoms with van der Waals surface area (Å²) >= 11 is 0. The molecule has 0 saturated heterocycles. The average molecular weight is 276 g/mol. The number of cyclic esters (lactones) is 1. The monoisotopic (exact) mass is 276 g/mol. The van der Waals surface area contributed by atoms with Gasteiger partial charge in [-0.25, -0.2) is 4.79 Å². The summed E-state index contributed by atoms with van der Waals surface area (Å²) in [5, 5.41) is 0. The van der Waals surface area contributed by atoms with Crippen molar-refractivity contribution in [1.29, 1.82) is 0 Å². The zero-order valence-corrected chi connectivity index (χ0v) is 10.8. The molecule has 20 heavy (non-hydrogen) atoms. The number of hydrogen-bond acceptors (Lipinski definition) is 6. The smallest absolute Gasteiger partial charge is 0.335 e. The fourth-order valence-corrected chi connectivity index (χ4v) is 2.28. The van der Waals surface area contributed by atoms with E-state index in [0.29, 0.717) is 34.7 Å². The zero-order valence-electron chi connectivity index (χ0n) is 10.8. The van der Waals surface area contributed by atoms with Gasteiger partial charge in [-0.05, 0) is 6.07 Å². The van der Waals surface area contributed by atoms with Crippen LogP contribution in [0.5, 0.6) is 17.2 Å². The van der Waals surface area contributed by atoms with Crippen LogP contribution in [-0.4, -0.2) is 32.8 Å². The number of methoxy groups -OCH3 is 1. The SMILES string of the molecule is COc1c(CC2=C(C=O)COC2=O)ccc2c1OCO2. The minimum Gasteiger partial charge on any atom is -0.492 e. The van der Waals surface area contributed by atoms with Gasteiger partial charge >= 0.3 is 5.97 Å². The van der Waals surface area contributed by atoms with Crippen molar-refractivity contribution < 1.29 is 28.5 Å².